The molecule has 1 amide bonds. The zero-order chi connectivity index (χ0) is 16.1. The largest absolute Gasteiger partial charge is 0.340 e. The molecule has 0 aliphatic carbocycles. The standard InChI is InChI=1S/C18H18N4O/c1-21(12-15-8-4-2-5-9-15)18(23)14-22-13-17(19-20-22)16-10-6-3-7-11-16/h2-11,13H,12,14H2,1H3. The first kappa shape index (κ1) is 15.0. The van der Waals surface area contributed by atoms with E-state index in [1.165, 1.54) is 0 Å². The molecule has 0 unspecified atom stereocenters. The summed E-state index contributed by atoms with van der Waals surface area (Å²) in [7, 11) is 1.80. The van der Waals surface area contributed by atoms with E-state index in [0.717, 1.165) is 16.8 Å². The predicted octanol–water partition coefficient (Wildman–Crippen LogP) is 2.60. The maximum Gasteiger partial charge on any atom is 0.244 e. The Bertz CT molecular complexity index is 768. The maximum absolute atomic E-state index is 12.3. The molecule has 0 saturated heterocycles. The van der Waals surface area contributed by atoms with Gasteiger partial charge in [-0.25, -0.2) is 4.68 Å². The maximum atomic E-state index is 12.3. The molecule has 1 aromatic heterocycles. The van der Waals surface area contributed by atoms with Crippen LogP contribution >= 0.6 is 0 Å². The van der Waals surface area contributed by atoms with Gasteiger partial charge in [-0.3, -0.25) is 4.79 Å². The smallest absolute Gasteiger partial charge is 0.244 e. The summed E-state index contributed by atoms with van der Waals surface area (Å²) in [6.45, 7) is 0.767. The first-order valence-corrected chi connectivity index (χ1v) is 7.46. The van der Waals surface area contributed by atoms with Crippen LogP contribution in [0.2, 0.25) is 0 Å². The summed E-state index contributed by atoms with van der Waals surface area (Å²) in [6, 6.07) is 19.7. The number of likely N-dealkylation sites (N-methyl/N-ethyl adjacent to an activating group) is 1. The summed E-state index contributed by atoms with van der Waals surface area (Å²) in [5, 5.41) is 8.17. The Labute approximate surface area is 135 Å². The molecule has 0 bridgehead atoms. The van der Waals surface area contributed by atoms with Gasteiger partial charge in [0.1, 0.15) is 12.2 Å². The van der Waals surface area contributed by atoms with E-state index in [-0.39, 0.29) is 12.5 Å². The van der Waals surface area contributed by atoms with Crippen LogP contribution in [0.4, 0.5) is 0 Å². The van der Waals surface area contributed by atoms with Gasteiger partial charge in [0.25, 0.3) is 0 Å². The van der Waals surface area contributed by atoms with E-state index in [0.29, 0.717) is 6.54 Å². The molecule has 23 heavy (non-hydrogen) atoms. The van der Waals surface area contributed by atoms with E-state index < -0.39 is 0 Å². The lowest BCUT2D eigenvalue weighted by Gasteiger charge is -2.17. The van der Waals surface area contributed by atoms with Gasteiger partial charge in [0.2, 0.25) is 5.91 Å². The number of hydrogen-bond acceptors (Lipinski definition) is 3. The van der Waals surface area contributed by atoms with Crippen LogP contribution in [0.1, 0.15) is 5.56 Å². The van der Waals surface area contributed by atoms with Crippen molar-refractivity contribution in [3.63, 3.8) is 0 Å². The number of amides is 1. The van der Waals surface area contributed by atoms with Gasteiger partial charge in [-0.2, -0.15) is 0 Å². The third kappa shape index (κ3) is 3.83. The van der Waals surface area contributed by atoms with Gasteiger partial charge in [0.15, 0.2) is 0 Å². The zero-order valence-electron chi connectivity index (χ0n) is 13.0. The van der Waals surface area contributed by atoms with Crippen molar-refractivity contribution in [1.82, 2.24) is 19.9 Å². The average molecular weight is 306 g/mol. The second-order valence-electron chi connectivity index (χ2n) is 5.40. The highest BCUT2D eigenvalue weighted by Gasteiger charge is 2.12. The Hall–Kier alpha value is -2.95. The molecule has 0 saturated carbocycles. The number of carbonyl (C=O) groups excluding carboxylic acids is 1. The number of nitrogens with zero attached hydrogens (tertiary/aromatic N) is 4. The van der Waals surface area contributed by atoms with Crippen LogP contribution in [-0.2, 0) is 17.9 Å². The summed E-state index contributed by atoms with van der Waals surface area (Å²) < 4.78 is 1.58. The Morgan fingerprint density at radius 2 is 1.70 bits per heavy atom. The number of hydrogen-bond donors (Lipinski definition) is 0. The van der Waals surface area contributed by atoms with Gasteiger partial charge in [0, 0.05) is 19.2 Å². The molecule has 0 radical (unpaired) electrons. The number of benzene rings is 2. The fourth-order valence-electron chi connectivity index (χ4n) is 2.32. The summed E-state index contributed by atoms with van der Waals surface area (Å²) >= 11 is 0. The lowest BCUT2D eigenvalue weighted by molar-refractivity contribution is -0.131. The normalized spacial score (nSPS) is 10.5. The van der Waals surface area contributed by atoms with Gasteiger partial charge in [-0.15, -0.1) is 5.10 Å². The van der Waals surface area contributed by atoms with Crippen molar-refractivity contribution in [1.29, 1.82) is 0 Å². The Morgan fingerprint density at radius 1 is 1.04 bits per heavy atom. The molecule has 3 aromatic rings. The van der Waals surface area contributed by atoms with Crippen LogP contribution in [-0.4, -0.2) is 32.8 Å². The van der Waals surface area contributed by atoms with E-state index in [4.69, 9.17) is 0 Å². The molecule has 3 rings (SSSR count). The highest BCUT2D eigenvalue weighted by Crippen LogP contribution is 2.14. The molecule has 0 aliphatic heterocycles. The van der Waals surface area contributed by atoms with Crippen molar-refractivity contribution < 1.29 is 4.79 Å². The second-order valence-corrected chi connectivity index (χ2v) is 5.40. The summed E-state index contributed by atoms with van der Waals surface area (Å²) in [5.74, 6) is -0.00151. The van der Waals surface area contributed by atoms with Gasteiger partial charge in [-0.05, 0) is 5.56 Å². The molecular formula is C18H18N4O. The monoisotopic (exact) mass is 306 g/mol. The van der Waals surface area contributed by atoms with Crippen molar-refractivity contribution in [3.8, 4) is 11.3 Å². The van der Waals surface area contributed by atoms with E-state index >= 15 is 0 Å². The minimum Gasteiger partial charge on any atom is -0.340 e. The lowest BCUT2D eigenvalue weighted by Crippen LogP contribution is -2.29. The molecule has 5 nitrogen and oxygen atoms in total. The Kier molecular flexibility index (Phi) is 4.47. The van der Waals surface area contributed by atoms with Crippen LogP contribution < -0.4 is 0 Å². The molecule has 0 N–H and O–H groups in total. The van der Waals surface area contributed by atoms with Crippen LogP contribution in [0, 0.1) is 0 Å². The van der Waals surface area contributed by atoms with Crippen LogP contribution in [0.15, 0.2) is 66.9 Å². The third-order valence-corrected chi connectivity index (χ3v) is 3.59. The molecular weight excluding hydrogens is 288 g/mol. The molecule has 0 spiro atoms. The van der Waals surface area contributed by atoms with Crippen molar-refractivity contribution in [2.45, 2.75) is 13.1 Å². The van der Waals surface area contributed by atoms with Gasteiger partial charge < -0.3 is 4.90 Å². The quantitative estimate of drug-likeness (QED) is 0.728. The molecule has 5 heteroatoms. The summed E-state index contributed by atoms with van der Waals surface area (Å²) in [5.41, 5.74) is 2.86. The van der Waals surface area contributed by atoms with E-state index in [1.54, 1.807) is 22.8 Å². The van der Waals surface area contributed by atoms with Crippen molar-refractivity contribution in [3.05, 3.63) is 72.4 Å². The fourth-order valence-corrected chi connectivity index (χ4v) is 2.32. The summed E-state index contributed by atoms with van der Waals surface area (Å²) in [6.07, 6.45) is 1.80. The van der Waals surface area contributed by atoms with Gasteiger partial charge >= 0.3 is 0 Å². The number of aromatic nitrogens is 3. The van der Waals surface area contributed by atoms with Crippen molar-refractivity contribution in [2.24, 2.45) is 0 Å². The van der Waals surface area contributed by atoms with Crippen molar-refractivity contribution >= 4 is 5.91 Å². The molecule has 0 fully saturated rings. The molecule has 116 valence electrons. The minimum atomic E-state index is -0.00151. The number of carbonyl (C=O) groups is 1. The van der Waals surface area contributed by atoms with Gasteiger partial charge in [0.05, 0.1) is 6.20 Å². The van der Waals surface area contributed by atoms with Gasteiger partial charge in [-0.1, -0.05) is 65.9 Å². The first-order chi connectivity index (χ1) is 11.2. The molecule has 1 heterocycles. The Morgan fingerprint density at radius 3 is 2.39 bits per heavy atom. The highest BCUT2D eigenvalue weighted by molar-refractivity contribution is 5.75. The number of rotatable bonds is 5. The fraction of sp³-hybridized carbons (Fsp3) is 0.167. The third-order valence-electron chi connectivity index (χ3n) is 3.59. The molecule has 0 atom stereocenters. The predicted molar refractivity (Wildman–Crippen MR) is 88.4 cm³/mol. The highest BCUT2D eigenvalue weighted by atomic mass is 16.2. The lowest BCUT2D eigenvalue weighted by atomic mass is 10.2. The van der Waals surface area contributed by atoms with E-state index in [1.807, 2.05) is 60.7 Å². The average Bonchev–Trinajstić information content (AvgIpc) is 3.05. The van der Waals surface area contributed by atoms with E-state index in [9.17, 15) is 4.79 Å². The van der Waals surface area contributed by atoms with Crippen LogP contribution in [0.25, 0.3) is 11.3 Å². The molecule has 0 aliphatic rings. The Balaban J connectivity index is 1.63. The van der Waals surface area contributed by atoms with Crippen molar-refractivity contribution in [2.75, 3.05) is 7.05 Å². The summed E-state index contributed by atoms with van der Waals surface area (Å²) in [4.78, 5) is 14.0. The SMILES string of the molecule is CN(Cc1ccccc1)C(=O)Cn1cc(-c2ccccc2)nn1. The minimum absolute atomic E-state index is 0.00151. The second kappa shape index (κ2) is 6.87. The zero-order valence-corrected chi connectivity index (χ0v) is 13.0. The van der Waals surface area contributed by atoms with Crippen LogP contribution in [0.5, 0.6) is 0 Å². The first-order valence-electron chi connectivity index (χ1n) is 7.46. The van der Waals surface area contributed by atoms with Crippen LogP contribution in [0.3, 0.4) is 0 Å². The molecule has 2 aromatic carbocycles. The topological polar surface area (TPSA) is 51.0 Å². The van der Waals surface area contributed by atoms with E-state index in [2.05, 4.69) is 10.3 Å².